The molecule has 0 aliphatic carbocycles. The van der Waals surface area contributed by atoms with Crippen molar-refractivity contribution in [2.75, 3.05) is 14.1 Å². The predicted molar refractivity (Wildman–Crippen MR) is 115 cm³/mol. The Kier molecular flexibility index (Phi) is 5.03. The molecule has 1 atom stereocenters. The molecule has 30 heavy (non-hydrogen) atoms. The van der Waals surface area contributed by atoms with Gasteiger partial charge in [-0.25, -0.2) is 9.78 Å². The SMILES string of the molecule is CN(C)C(=O)Cc1nc(CN2C(=O)NC(C)(c3cccc4ccccc34)C2=O)cs1. The molecule has 1 saturated heterocycles. The highest BCUT2D eigenvalue weighted by atomic mass is 32.1. The van der Waals surface area contributed by atoms with Gasteiger partial charge >= 0.3 is 6.03 Å². The van der Waals surface area contributed by atoms with Gasteiger partial charge < -0.3 is 10.2 Å². The van der Waals surface area contributed by atoms with Gasteiger partial charge in [0.15, 0.2) is 0 Å². The van der Waals surface area contributed by atoms with Crippen molar-refractivity contribution in [3.63, 3.8) is 0 Å². The Labute approximate surface area is 178 Å². The number of imide groups is 1. The summed E-state index contributed by atoms with van der Waals surface area (Å²) in [6.07, 6.45) is 0.200. The van der Waals surface area contributed by atoms with E-state index in [1.807, 2.05) is 42.5 Å². The van der Waals surface area contributed by atoms with Crippen LogP contribution in [0.1, 0.15) is 23.2 Å². The number of carbonyl (C=O) groups excluding carboxylic acids is 3. The summed E-state index contributed by atoms with van der Waals surface area (Å²) in [6.45, 7) is 1.80. The van der Waals surface area contributed by atoms with Gasteiger partial charge in [-0.1, -0.05) is 42.5 Å². The van der Waals surface area contributed by atoms with E-state index in [1.165, 1.54) is 21.1 Å². The summed E-state index contributed by atoms with van der Waals surface area (Å²) in [6, 6.07) is 13.1. The number of likely N-dealkylation sites (N-methyl/N-ethyl adjacent to an activating group) is 1. The molecule has 0 bridgehead atoms. The summed E-state index contributed by atoms with van der Waals surface area (Å²) in [4.78, 5) is 45.0. The summed E-state index contributed by atoms with van der Waals surface area (Å²) in [5.74, 6) is -0.364. The molecule has 8 heteroatoms. The molecule has 1 N–H and O–H groups in total. The third kappa shape index (κ3) is 3.43. The Bertz CT molecular complexity index is 1150. The van der Waals surface area contributed by atoms with E-state index >= 15 is 0 Å². The lowest BCUT2D eigenvalue weighted by Crippen LogP contribution is -2.41. The first-order chi connectivity index (χ1) is 14.3. The number of rotatable bonds is 5. The van der Waals surface area contributed by atoms with Crippen molar-refractivity contribution < 1.29 is 14.4 Å². The molecule has 1 aliphatic heterocycles. The molecule has 3 aromatic rings. The highest BCUT2D eigenvalue weighted by molar-refractivity contribution is 7.09. The lowest BCUT2D eigenvalue weighted by molar-refractivity contribution is -0.131. The molecule has 154 valence electrons. The van der Waals surface area contributed by atoms with Gasteiger partial charge in [0.25, 0.3) is 5.91 Å². The first-order valence-corrected chi connectivity index (χ1v) is 10.4. The van der Waals surface area contributed by atoms with Crippen LogP contribution >= 0.6 is 11.3 Å². The van der Waals surface area contributed by atoms with E-state index in [-0.39, 0.29) is 24.8 Å². The van der Waals surface area contributed by atoms with Crippen LogP contribution in [0.2, 0.25) is 0 Å². The maximum Gasteiger partial charge on any atom is 0.325 e. The number of hydrogen-bond acceptors (Lipinski definition) is 5. The maximum absolute atomic E-state index is 13.3. The normalized spacial score (nSPS) is 18.7. The number of aromatic nitrogens is 1. The van der Waals surface area contributed by atoms with Crippen molar-refractivity contribution in [2.24, 2.45) is 0 Å². The zero-order valence-electron chi connectivity index (χ0n) is 17.0. The molecule has 4 rings (SSSR count). The number of nitrogens with one attached hydrogen (secondary N) is 1. The number of hydrogen-bond donors (Lipinski definition) is 1. The molecule has 1 unspecified atom stereocenters. The van der Waals surface area contributed by atoms with Gasteiger partial charge in [0.1, 0.15) is 10.5 Å². The van der Waals surface area contributed by atoms with Crippen LogP contribution in [-0.4, -0.2) is 46.7 Å². The molecule has 1 fully saturated rings. The number of urea groups is 1. The van der Waals surface area contributed by atoms with E-state index in [9.17, 15) is 14.4 Å². The number of amides is 4. The predicted octanol–water partition coefficient (Wildman–Crippen LogP) is 2.89. The molecule has 0 spiro atoms. The van der Waals surface area contributed by atoms with Gasteiger partial charge in [0, 0.05) is 19.5 Å². The lowest BCUT2D eigenvalue weighted by Gasteiger charge is -2.24. The minimum Gasteiger partial charge on any atom is -0.348 e. The van der Waals surface area contributed by atoms with E-state index in [2.05, 4.69) is 10.3 Å². The van der Waals surface area contributed by atoms with E-state index < -0.39 is 11.6 Å². The van der Waals surface area contributed by atoms with Crippen molar-refractivity contribution in [2.45, 2.75) is 25.4 Å². The van der Waals surface area contributed by atoms with Crippen LogP contribution in [-0.2, 0) is 28.1 Å². The van der Waals surface area contributed by atoms with Gasteiger partial charge in [-0.2, -0.15) is 0 Å². The highest BCUT2D eigenvalue weighted by Crippen LogP contribution is 2.34. The minimum absolute atomic E-state index is 0.0468. The molecule has 1 aliphatic rings. The Morgan fingerprint density at radius 2 is 1.90 bits per heavy atom. The van der Waals surface area contributed by atoms with Crippen molar-refractivity contribution >= 4 is 40.0 Å². The molecule has 2 aromatic carbocycles. The lowest BCUT2D eigenvalue weighted by atomic mass is 9.88. The number of fused-ring (bicyclic) bond motifs is 1. The standard InChI is InChI=1S/C22H22N4O3S/c1-22(17-10-6-8-14-7-4-5-9-16(14)17)20(28)26(21(29)24-22)12-15-13-30-18(23-15)11-19(27)25(2)3/h4-10,13H,11-12H2,1-3H3,(H,24,29). The van der Waals surface area contributed by atoms with Crippen molar-refractivity contribution in [3.8, 4) is 0 Å². The fraction of sp³-hybridized carbons (Fsp3) is 0.273. The summed E-state index contributed by atoms with van der Waals surface area (Å²) < 4.78 is 0. The topological polar surface area (TPSA) is 82.6 Å². The maximum atomic E-state index is 13.3. The average Bonchev–Trinajstić information content (AvgIpc) is 3.25. The zero-order chi connectivity index (χ0) is 21.5. The fourth-order valence-electron chi connectivity index (χ4n) is 3.64. The van der Waals surface area contributed by atoms with Crippen LogP contribution in [0.5, 0.6) is 0 Å². The molecule has 0 saturated carbocycles. The zero-order valence-corrected chi connectivity index (χ0v) is 17.8. The highest BCUT2D eigenvalue weighted by Gasteiger charge is 2.49. The fourth-order valence-corrected chi connectivity index (χ4v) is 4.41. The largest absolute Gasteiger partial charge is 0.348 e. The van der Waals surface area contributed by atoms with Crippen LogP contribution in [0.25, 0.3) is 10.8 Å². The minimum atomic E-state index is -1.16. The Balaban J connectivity index is 1.59. The number of carbonyl (C=O) groups is 3. The second kappa shape index (κ2) is 7.53. The van der Waals surface area contributed by atoms with E-state index in [4.69, 9.17) is 0 Å². The van der Waals surface area contributed by atoms with Gasteiger partial charge in [-0.15, -0.1) is 11.3 Å². The van der Waals surface area contributed by atoms with Gasteiger partial charge in [-0.3, -0.25) is 14.5 Å². The van der Waals surface area contributed by atoms with Crippen LogP contribution in [0.3, 0.4) is 0 Å². The second-order valence-electron chi connectivity index (χ2n) is 7.67. The summed E-state index contributed by atoms with van der Waals surface area (Å²) in [5.41, 5.74) is 0.196. The van der Waals surface area contributed by atoms with Crippen molar-refractivity contribution in [1.29, 1.82) is 0 Å². The van der Waals surface area contributed by atoms with Crippen LogP contribution in [0.4, 0.5) is 4.79 Å². The number of thiazole rings is 1. The molecule has 7 nitrogen and oxygen atoms in total. The molecule has 0 radical (unpaired) electrons. The molecular weight excluding hydrogens is 400 g/mol. The quantitative estimate of drug-likeness (QED) is 0.641. The van der Waals surface area contributed by atoms with Gasteiger partial charge in [0.2, 0.25) is 5.91 Å². The Morgan fingerprint density at radius 1 is 1.17 bits per heavy atom. The van der Waals surface area contributed by atoms with Gasteiger partial charge in [-0.05, 0) is 23.3 Å². The smallest absolute Gasteiger partial charge is 0.325 e. The second-order valence-corrected chi connectivity index (χ2v) is 8.61. The van der Waals surface area contributed by atoms with Crippen molar-refractivity contribution in [1.82, 2.24) is 20.1 Å². The monoisotopic (exact) mass is 422 g/mol. The third-order valence-corrected chi connectivity index (χ3v) is 6.22. The molecule has 4 amide bonds. The first kappa shape index (κ1) is 20.0. The number of nitrogens with zero attached hydrogens (tertiary/aromatic N) is 3. The summed E-state index contributed by atoms with van der Waals surface area (Å²) >= 11 is 1.35. The van der Waals surface area contributed by atoms with E-state index in [0.717, 1.165) is 16.3 Å². The molecular formula is C22H22N4O3S. The first-order valence-electron chi connectivity index (χ1n) is 9.55. The van der Waals surface area contributed by atoms with Crippen LogP contribution in [0, 0.1) is 0 Å². The molecule has 2 heterocycles. The Hall–Kier alpha value is -3.26. The van der Waals surface area contributed by atoms with Crippen LogP contribution in [0.15, 0.2) is 47.8 Å². The summed E-state index contributed by atoms with van der Waals surface area (Å²) in [5, 5.41) is 7.24. The van der Waals surface area contributed by atoms with E-state index in [0.29, 0.717) is 10.7 Å². The van der Waals surface area contributed by atoms with Gasteiger partial charge in [0.05, 0.1) is 18.7 Å². The average molecular weight is 423 g/mol. The third-order valence-electron chi connectivity index (χ3n) is 5.32. The van der Waals surface area contributed by atoms with Crippen molar-refractivity contribution in [3.05, 3.63) is 64.1 Å². The summed E-state index contributed by atoms with van der Waals surface area (Å²) in [7, 11) is 3.39. The number of benzene rings is 2. The Morgan fingerprint density at radius 3 is 2.67 bits per heavy atom. The van der Waals surface area contributed by atoms with Crippen LogP contribution < -0.4 is 5.32 Å². The molecule has 1 aromatic heterocycles. The van der Waals surface area contributed by atoms with E-state index in [1.54, 1.807) is 26.4 Å².